The minimum Gasteiger partial charge on any atom is -0.492 e. The first-order chi connectivity index (χ1) is 9.74. The van der Waals surface area contributed by atoms with E-state index in [0.717, 1.165) is 11.8 Å². The van der Waals surface area contributed by atoms with E-state index in [1.165, 1.54) is 11.1 Å². The molecule has 0 aliphatic heterocycles. The molecule has 0 spiro atoms. The maximum atomic E-state index is 5.81. The van der Waals surface area contributed by atoms with Gasteiger partial charge in [-0.25, -0.2) is 0 Å². The molecule has 0 fully saturated rings. The standard InChI is InChI=1S/C16H16N2O2/c1-11-5-7-12(8-6-11)9-10-19-13-3-2-4-14-15(13)16(17)18-20-14/h2-8H,9-10H2,1H3,(H2,17,18). The second-order valence-electron chi connectivity index (χ2n) is 4.78. The molecule has 102 valence electrons. The molecule has 0 aliphatic carbocycles. The number of benzene rings is 2. The van der Waals surface area contributed by atoms with Crippen molar-refractivity contribution in [3.8, 4) is 5.75 Å². The Kier molecular flexibility index (Phi) is 3.29. The molecule has 4 nitrogen and oxygen atoms in total. The zero-order chi connectivity index (χ0) is 13.9. The summed E-state index contributed by atoms with van der Waals surface area (Å²) in [6.45, 7) is 2.67. The van der Waals surface area contributed by atoms with Crippen LogP contribution in [0.15, 0.2) is 47.0 Å². The van der Waals surface area contributed by atoms with Crippen molar-refractivity contribution in [3.05, 3.63) is 53.6 Å². The first-order valence-corrected chi connectivity index (χ1v) is 6.56. The highest BCUT2D eigenvalue weighted by Crippen LogP contribution is 2.30. The number of fused-ring (bicyclic) bond motifs is 1. The van der Waals surface area contributed by atoms with Gasteiger partial charge in [0, 0.05) is 6.42 Å². The zero-order valence-electron chi connectivity index (χ0n) is 11.3. The molecule has 20 heavy (non-hydrogen) atoms. The highest BCUT2D eigenvalue weighted by atomic mass is 16.5. The summed E-state index contributed by atoms with van der Waals surface area (Å²) in [5.41, 5.74) is 8.95. The van der Waals surface area contributed by atoms with E-state index in [1.54, 1.807) is 0 Å². The van der Waals surface area contributed by atoms with Gasteiger partial charge in [0.15, 0.2) is 11.4 Å². The maximum Gasteiger partial charge on any atom is 0.178 e. The van der Waals surface area contributed by atoms with Gasteiger partial charge >= 0.3 is 0 Å². The Bertz CT molecular complexity index is 717. The number of aryl methyl sites for hydroxylation is 1. The quantitative estimate of drug-likeness (QED) is 0.788. The van der Waals surface area contributed by atoms with Crippen molar-refractivity contribution >= 4 is 16.8 Å². The summed E-state index contributed by atoms with van der Waals surface area (Å²) in [4.78, 5) is 0. The van der Waals surface area contributed by atoms with E-state index in [2.05, 4.69) is 36.3 Å². The van der Waals surface area contributed by atoms with E-state index >= 15 is 0 Å². The number of nitrogens with two attached hydrogens (primary N) is 1. The fraction of sp³-hybridized carbons (Fsp3) is 0.188. The van der Waals surface area contributed by atoms with Crippen molar-refractivity contribution in [2.45, 2.75) is 13.3 Å². The molecule has 0 saturated carbocycles. The van der Waals surface area contributed by atoms with Gasteiger partial charge in [0.2, 0.25) is 0 Å². The second-order valence-corrected chi connectivity index (χ2v) is 4.78. The highest BCUT2D eigenvalue weighted by molar-refractivity contribution is 5.92. The molecule has 3 rings (SSSR count). The van der Waals surface area contributed by atoms with Crippen LogP contribution in [0.5, 0.6) is 5.75 Å². The third-order valence-corrected chi connectivity index (χ3v) is 3.26. The van der Waals surface area contributed by atoms with Crippen LogP contribution < -0.4 is 10.5 Å². The predicted octanol–water partition coefficient (Wildman–Crippen LogP) is 3.34. The molecular formula is C16H16N2O2. The summed E-state index contributed by atoms with van der Waals surface area (Å²) in [5, 5.41) is 4.50. The average Bonchev–Trinajstić information content (AvgIpc) is 2.84. The van der Waals surface area contributed by atoms with Crippen LogP contribution >= 0.6 is 0 Å². The van der Waals surface area contributed by atoms with Crippen molar-refractivity contribution < 1.29 is 9.26 Å². The number of hydrogen-bond donors (Lipinski definition) is 1. The lowest BCUT2D eigenvalue weighted by molar-refractivity contribution is 0.325. The van der Waals surface area contributed by atoms with Crippen LogP contribution in [0.3, 0.4) is 0 Å². The van der Waals surface area contributed by atoms with E-state index in [9.17, 15) is 0 Å². The second kappa shape index (κ2) is 5.25. The van der Waals surface area contributed by atoms with Crippen molar-refractivity contribution in [1.29, 1.82) is 0 Å². The molecule has 0 aliphatic rings. The molecule has 0 atom stereocenters. The molecule has 2 N–H and O–H groups in total. The van der Waals surface area contributed by atoms with Crippen molar-refractivity contribution in [3.63, 3.8) is 0 Å². The topological polar surface area (TPSA) is 61.3 Å². The third-order valence-electron chi connectivity index (χ3n) is 3.26. The van der Waals surface area contributed by atoms with E-state index in [0.29, 0.717) is 23.8 Å². The molecule has 0 bridgehead atoms. The molecule has 0 amide bonds. The Morgan fingerprint density at radius 3 is 2.75 bits per heavy atom. The van der Waals surface area contributed by atoms with E-state index in [4.69, 9.17) is 15.0 Å². The minimum absolute atomic E-state index is 0.367. The summed E-state index contributed by atoms with van der Waals surface area (Å²) >= 11 is 0. The molecular weight excluding hydrogens is 252 g/mol. The lowest BCUT2D eigenvalue weighted by Gasteiger charge is -2.07. The largest absolute Gasteiger partial charge is 0.492 e. The van der Waals surface area contributed by atoms with E-state index < -0.39 is 0 Å². The summed E-state index contributed by atoms with van der Waals surface area (Å²) in [5.74, 6) is 1.08. The summed E-state index contributed by atoms with van der Waals surface area (Å²) in [6.07, 6.45) is 0.849. The number of anilines is 1. The fourth-order valence-corrected chi connectivity index (χ4v) is 2.14. The molecule has 3 aromatic rings. The molecule has 0 unspecified atom stereocenters. The van der Waals surface area contributed by atoms with Crippen molar-refractivity contribution in [1.82, 2.24) is 5.16 Å². The molecule has 1 heterocycles. The summed E-state index contributed by atoms with van der Waals surface area (Å²) in [6, 6.07) is 14.0. The number of ether oxygens (including phenoxy) is 1. The summed E-state index contributed by atoms with van der Waals surface area (Å²) < 4.78 is 10.9. The highest BCUT2D eigenvalue weighted by Gasteiger charge is 2.10. The number of nitrogen functional groups attached to an aromatic ring is 1. The lowest BCUT2D eigenvalue weighted by Crippen LogP contribution is -2.02. The predicted molar refractivity (Wildman–Crippen MR) is 78.8 cm³/mol. The number of rotatable bonds is 4. The Balaban J connectivity index is 1.71. The summed E-state index contributed by atoms with van der Waals surface area (Å²) in [7, 11) is 0. The number of aromatic nitrogens is 1. The Morgan fingerprint density at radius 2 is 1.95 bits per heavy atom. The Hall–Kier alpha value is -2.49. The normalized spacial score (nSPS) is 10.8. The average molecular weight is 268 g/mol. The first-order valence-electron chi connectivity index (χ1n) is 6.56. The van der Waals surface area contributed by atoms with E-state index in [1.807, 2.05) is 18.2 Å². The van der Waals surface area contributed by atoms with Gasteiger partial charge in [0.05, 0.1) is 6.61 Å². The Morgan fingerprint density at radius 1 is 1.15 bits per heavy atom. The molecule has 1 aromatic heterocycles. The van der Waals surface area contributed by atoms with Gasteiger partial charge in [0.1, 0.15) is 11.1 Å². The zero-order valence-corrected chi connectivity index (χ0v) is 11.3. The van der Waals surface area contributed by atoms with Crippen molar-refractivity contribution in [2.24, 2.45) is 0 Å². The maximum absolute atomic E-state index is 5.81. The molecule has 0 radical (unpaired) electrons. The lowest BCUT2D eigenvalue weighted by atomic mass is 10.1. The van der Waals surface area contributed by atoms with Crippen LogP contribution in [0.25, 0.3) is 11.0 Å². The molecule has 0 saturated heterocycles. The third kappa shape index (κ3) is 2.45. The van der Waals surface area contributed by atoms with Crippen LogP contribution in [0.1, 0.15) is 11.1 Å². The number of hydrogen-bond acceptors (Lipinski definition) is 4. The molecule has 4 heteroatoms. The van der Waals surface area contributed by atoms with Crippen molar-refractivity contribution in [2.75, 3.05) is 12.3 Å². The van der Waals surface area contributed by atoms with Crippen LogP contribution in [0.4, 0.5) is 5.82 Å². The van der Waals surface area contributed by atoms with Crippen LogP contribution in [-0.4, -0.2) is 11.8 Å². The van der Waals surface area contributed by atoms with Gasteiger partial charge in [-0.3, -0.25) is 0 Å². The first kappa shape index (κ1) is 12.5. The monoisotopic (exact) mass is 268 g/mol. The van der Waals surface area contributed by atoms with Gasteiger partial charge in [-0.15, -0.1) is 0 Å². The Labute approximate surface area is 117 Å². The van der Waals surface area contributed by atoms with Crippen LogP contribution in [0.2, 0.25) is 0 Å². The number of nitrogens with zero attached hydrogens (tertiary/aromatic N) is 1. The van der Waals surface area contributed by atoms with Gasteiger partial charge < -0.3 is 15.0 Å². The molecule has 2 aromatic carbocycles. The van der Waals surface area contributed by atoms with Gasteiger partial charge in [0.25, 0.3) is 0 Å². The van der Waals surface area contributed by atoms with Crippen LogP contribution in [0, 0.1) is 6.92 Å². The fourth-order valence-electron chi connectivity index (χ4n) is 2.14. The van der Waals surface area contributed by atoms with Gasteiger partial charge in [-0.1, -0.05) is 41.1 Å². The van der Waals surface area contributed by atoms with Gasteiger partial charge in [-0.2, -0.15) is 0 Å². The minimum atomic E-state index is 0.367. The van der Waals surface area contributed by atoms with E-state index in [-0.39, 0.29) is 0 Å². The van der Waals surface area contributed by atoms with Crippen LogP contribution in [-0.2, 0) is 6.42 Å². The van der Waals surface area contributed by atoms with Gasteiger partial charge in [-0.05, 0) is 24.6 Å². The smallest absolute Gasteiger partial charge is 0.178 e. The SMILES string of the molecule is Cc1ccc(CCOc2cccc3onc(N)c23)cc1.